The molecular formula is C14H23N3O. The molecule has 2 heterocycles. The maximum atomic E-state index is 6.15. The van der Waals surface area contributed by atoms with E-state index in [1.807, 2.05) is 12.4 Å². The van der Waals surface area contributed by atoms with Crippen LogP contribution in [0.3, 0.4) is 0 Å². The predicted octanol–water partition coefficient (Wildman–Crippen LogP) is 1.27. The lowest BCUT2D eigenvalue weighted by Gasteiger charge is -2.33. The third-order valence-electron chi connectivity index (χ3n) is 3.81. The fourth-order valence-corrected chi connectivity index (χ4v) is 2.43. The molecule has 1 fully saturated rings. The van der Waals surface area contributed by atoms with Gasteiger partial charge in [-0.05, 0) is 24.2 Å². The number of hydrogen-bond acceptors (Lipinski definition) is 4. The third-order valence-corrected chi connectivity index (χ3v) is 3.81. The van der Waals surface area contributed by atoms with Crippen LogP contribution in [0.25, 0.3) is 0 Å². The quantitative estimate of drug-likeness (QED) is 0.854. The number of nitrogens with two attached hydrogens (primary N) is 1. The van der Waals surface area contributed by atoms with Crippen molar-refractivity contribution in [3.63, 3.8) is 0 Å². The number of pyridine rings is 1. The van der Waals surface area contributed by atoms with Gasteiger partial charge < -0.3 is 10.5 Å². The first-order valence-corrected chi connectivity index (χ1v) is 6.58. The zero-order valence-electron chi connectivity index (χ0n) is 11.3. The van der Waals surface area contributed by atoms with Crippen molar-refractivity contribution in [3.8, 4) is 0 Å². The molecule has 4 heteroatoms. The first-order valence-electron chi connectivity index (χ1n) is 6.58. The number of nitrogens with zero attached hydrogens (tertiary/aromatic N) is 2. The van der Waals surface area contributed by atoms with Crippen LogP contribution in [0.2, 0.25) is 0 Å². The largest absolute Gasteiger partial charge is 0.379 e. The van der Waals surface area contributed by atoms with E-state index in [1.54, 1.807) is 0 Å². The van der Waals surface area contributed by atoms with E-state index in [0.717, 1.165) is 26.2 Å². The minimum absolute atomic E-state index is 0.0725. The average molecular weight is 249 g/mol. The maximum absolute atomic E-state index is 6.15. The van der Waals surface area contributed by atoms with E-state index in [0.29, 0.717) is 6.61 Å². The Balaban J connectivity index is 1.97. The van der Waals surface area contributed by atoms with Crippen LogP contribution in [0, 0.1) is 5.41 Å². The van der Waals surface area contributed by atoms with Crippen molar-refractivity contribution in [1.82, 2.24) is 9.88 Å². The van der Waals surface area contributed by atoms with Gasteiger partial charge in [-0.25, -0.2) is 0 Å². The van der Waals surface area contributed by atoms with E-state index >= 15 is 0 Å². The van der Waals surface area contributed by atoms with Crippen LogP contribution in [0.15, 0.2) is 24.5 Å². The topological polar surface area (TPSA) is 51.4 Å². The SMILES string of the molecule is CCN(Cc1ccncc1)CC1(C)COCC1N. The monoisotopic (exact) mass is 249 g/mol. The Labute approximate surface area is 109 Å². The summed E-state index contributed by atoms with van der Waals surface area (Å²) in [7, 11) is 0. The lowest BCUT2D eigenvalue weighted by molar-refractivity contribution is 0.118. The van der Waals surface area contributed by atoms with Crippen LogP contribution in [-0.2, 0) is 11.3 Å². The van der Waals surface area contributed by atoms with Crippen molar-refractivity contribution >= 4 is 0 Å². The van der Waals surface area contributed by atoms with Gasteiger partial charge >= 0.3 is 0 Å². The molecule has 0 radical (unpaired) electrons. The van der Waals surface area contributed by atoms with E-state index in [-0.39, 0.29) is 11.5 Å². The summed E-state index contributed by atoms with van der Waals surface area (Å²) in [5, 5.41) is 0. The second-order valence-electron chi connectivity index (χ2n) is 5.43. The molecule has 0 aromatic carbocycles. The van der Waals surface area contributed by atoms with E-state index < -0.39 is 0 Å². The second kappa shape index (κ2) is 5.78. The summed E-state index contributed by atoms with van der Waals surface area (Å²) in [6.07, 6.45) is 3.69. The molecule has 0 saturated carbocycles. The van der Waals surface area contributed by atoms with Crippen LogP contribution in [0.5, 0.6) is 0 Å². The number of hydrogen-bond donors (Lipinski definition) is 1. The van der Waals surface area contributed by atoms with Crippen molar-refractivity contribution in [3.05, 3.63) is 30.1 Å². The highest BCUT2D eigenvalue weighted by atomic mass is 16.5. The Bertz CT molecular complexity index is 371. The Hall–Kier alpha value is -0.970. The highest BCUT2D eigenvalue weighted by molar-refractivity contribution is 5.09. The molecule has 1 aliphatic heterocycles. The summed E-state index contributed by atoms with van der Waals surface area (Å²) in [5.41, 5.74) is 7.51. The van der Waals surface area contributed by atoms with Gasteiger partial charge in [-0.2, -0.15) is 0 Å². The zero-order chi connectivity index (χ0) is 13.0. The summed E-state index contributed by atoms with van der Waals surface area (Å²) in [4.78, 5) is 6.47. The first kappa shape index (κ1) is 13.5. The first-order chi connectivity index (χ1) is 8.64. The maximum Gasteiger partial charge on any atom is 0.0624 e. The van der Waals surface area contributed by atoms with Crippen LogP contribution < -0.4 is 5.73 Å². The Morgan fingerprint density at radius 2 is 2.22 bits per heavy atom. The van der Waals surface area contributed by atoms with Gasteiger partial charge in [-0.15, -0.1) is 0 Å². The van der Waals surface area contributed by atoms with Crippen LogP contribution in [0.1, 0.15) is 19.4 Å². The standard InChI is InChI=1S/C14H23N3O/c1-3-17(8-12-4-6-16-7-5-12)10-14(2)11-18-9-13(14)15/h4-7,13H,3,8-11,15H2,1-2H3. The minimum Gasteiger partial charge on any atom is -0.379 e. The summed E-state index contributed by atoms with van der Waals surface area (Å²) in [6, 6.07) is 4.27. The Morgan fingerprint density at radius 3 is 2.78 bits per heavy atom. The van der Waals surface area contributed by atoms with E-state index in [2.05, 4.69) is 35.9 Å². The third kappa shape index (κ3) is 3.07. The van der Waals surface area contributed by atoms with Crippen LogP contribution in [0.4, 0.5) is 0 Å². The Morgan fingerprint density at radius 1 is 1.50 bits per heavy atom. The Kier molecular flexibility index (Phi) is 4.32. The molecule has 0 bridgehead atoms. The molecule has 1 aliphatic rings. The van der Waals surface area contributed by atoms with Crippen molar-refractivity contribution < 1.29 is 4.74 Å². The van der Waals surface area contributed by atoms with Crippen molar-refractivity contribution in [2.75, 3.05) is 26.3 Å². The molecular weight excluding hydrogens is 226 g/mol. The van der Waals surface area contributed by atoms with Gasteiger partial charge in [0.15, 0.2) is 0 Å². The number of ether oxygens (including phenoxy) is 1. The number of rotatable bonds is 5. The van der Waals surface area contributed by atoms with Gasteiger partial charge in [-0.1, -0.05) is 13.8 Å². The molecule has 4 nitrogen and oxygen atoms in total. The molecule has 1 aromatic rings. The lowest BCUT2D eigenvalue weighted by atomic mass is 9.85. The molecule has 1 saturated heterocycles. The molecule has 1 aromatic heterocycles. The molecule has 0 spiro atoms. The fourth-order valence-electron chi connectivity index (χ4n) is 2.43. The molecule has 2 atom stereocenters. The van der Waals surface area contributed by atoms with Gasteiger partial charge in [0.25, 0.3) is 0 Å². The highest BCUT2D eigenvalue weighted by Gasteiger charge is 2.38. The number of aromatic nitrogens is 1. The molecule has 100 valence electrons. The van der Waals surface area contributed by atoms with Crippen molar-refractivity contribution in [2.24, 2.45) is 11.1 Å². The van der Waals surface area contributed by atoms with Gasteiger partial charge in [0.05, 0.1) is 13.2 Å². The molecule has 0 amide bonds. The average Bonchev–Trinajstić information content (AvgIpc) is 2.70. The molecule has 0 aliphatic carbocycles. The smallest absolute Gasteiger partial charge is 0.0624 e. The molecule has 2 unspecified atom stereocenters. The van der Waals surface area contributed by atoms with Crippen molar-refractivity contribution in [1.29, 1.82) is 0 Å². The lowest BCUT2D eigenvalue weighted by Crippen LogP contribution is -2.46. The van der Waals surface area contributed by atoms with E-state index in [9.17, 15) is 0 Å². The fraction of sp³-hybridized carbons (Fsp3) is 0.643. The van der Waals surface area contributed by atoms with Gasteiger partial charge in [0.2, 0.25) is 0 Å². The second-order valence-corrected chi connectivity index (χ2v) is 5.43. The summed E-state index contributed by atoms with van der Waals surface area (Å²) >= 11 is 0. The predicted molar refractivity (Wildman–Crippen MR) is 72.1 cm³/mol. The van der Waals surface area contributed by atoms with E-state index in [1.165, 1.54) is 5.56 Å². The minimum atomic E-state index is 0.0725. The molecule has 2 N–H and O–H groups in total. The highest BCUT2D eigenvalue weighted by Crippen LogP contribution is 2.28. The van der Waals surface area contributed by atoms with Crippen LogP contribution in [-0.4, -0.2) is 42.2 Å². The molecule has 2 rings (SSSR count). The van der Waals surface area contributed by atoms with Gasteiger partial charge in [-0.3, -0.25) is 9.88 Å². The summed E-state index contributed by atoms with van der Waals surface area (Å²) in [6.45, 7) is 8.80. The van der Waals surface area contributed by atoms with Gasteiger partial charge in [0, 0.05) is 36.9 Å². The van der Waals surface area contributed by atoms with Crippen LogP contribution >= 0.6 is 0 Å². The summed E-state index contributed by atoms with van der Waals surface area (Å²) < 4.78 is 5.51. The van der Waals surface area contributed by atoms with Crippen molar-refractivity contribution in [2.45, 2.75) is 26.4 Å². The van der Waals surface area contributed by atoms with E-state index in [4.69, 9.17) is 10.5 Å². The zero-order valence-corrected chi connectivity index (χ0v) is 11.3. The normalized spacial score (nSPS) is 27.9. The van der Waals surface area contributed by atoms with Gasteiger partial charge in [0.1, 0.15) is 0 Å². The molecule has 18 heavy (non-hydrogen) atoms. The summed E-state index contributed by atoms with van der Waals surface area (Å²) in [5.74, 6) is 0.